The zero-order chi connectivity index (χ0) is 42.3. The Hall–Kier alpha value is -5.98. The molecule has 6 aromatic carbocycles. The molecule has 6 aromatic rings. The summed E-state index contributed by atoms with van der Waals surface area (Å²) in [5, 5.41) is 6.07. The molecule has 60 heavy (non-hydrogen) atoms. The Morgan fingerprint density at radius 3 is 1.05 bits per heavy atom. The van der Waals surface area contributed by atoms with Gasteiger partial charge in [0.15, 0.2) is 23.1 Å². The van der Waals surface area contributed by atoms with Crippen molar-refractivity contribution < 1.29 is 45.1 Å². The number of fused-ring (bicyclic) bond motifs is 4. The molecule has 2 aliphatic rings. The largest absolute Gasteiger partial charge is 0.397 e. The normalized spacial score (nSPS) is 13.4. The molecule has 2 aliphatic carbocycles. The fourth-order valence-corrected chi connectivity index (χ4v) is 8.92. The van der Waals surface area contributed by atoms with Gasteiger partial charge in [-0.25, -0.2) is 0 Å². The van der Waals surface area contributed by atoms with E-state index in [9.17, 15) is 45.1 Å². The van der Waals surface area contributed by atoms with Crippen LogP contribution in [0, 0.1) is 0 Å². The molecule has 8 rings (SSSR count). The molecule has 0 heterocycles. The Balaban J connectivity index is 0.00000544. The maximum atomic E-state index is 13.7. The van der Waals surface area contributed by atoms with Gasteiger partial charge in [-0.15, -0.1) is 0 Å². The van der Waals surface area contributed by atoms with Crippen LogP contribution in [0.4, 0.5) is 34.1 Å². The molecule has 14 nitrogen and oxygen atoms in total. The number of anilines is 6. The van der Waals surface area contributed by atoms with Crippen LogP contribution in [0.25, 0.3) is 0 Å². The summed E-state index contributed by atoms with van der Waals surface area (Å²) in [4.78, 5) is 53.1. The van der Waals surface area contributed by atoms with E-state index in [4.69, 9.17) is 11.5 Å². The number of benzene rings is 6. The number of carbonyl (C=O) groups excluding carboxylic acids is 4. The zero-order valence-electron chi connectivity index (χ0n) is 32.0. The summed E-state index contributed by atoms with van der Waals surface area (Å²) < 4.78 is 69.4. The van der Waals surface area contributed by atoms with E-state index in [0.29, 0.717) is 11.4 Å². The topological polar surface area (TPSA) is 253 Å². The number of ketones is 4. The van der Waals surface area contributed by atoms with Gasteiger partial charge in [-0.05, 0) is 47.5 Å². The number of nitrogen functional groups attached to an aromatic ring is 2. The summed E-state index contributed by atoms with van der Waals surface area (Å²) in [5.74, 6) is -2.43. The first-order valence-electron chi connectivity index (χ1n) is 17.8. The van der Waals surface area contributed by atoms with Crippen LogP contribution in [0.2, 0.25) is 0 Å². The van der Waals surface area contributed by atoms with Gasteiger partial charge in [-0.3, -0.25) is 28.3 Å². The predicted molar refractivity (Wildman–Crippen MR) is 225 cm³/mol. The summed E-state index contributed by atoms with van der Waals surface area (Å²) >= 11 is 0. The van der Waals surface area contributed by atoms with Crippen molar-refractivity contribution in [1.82, 2.24) is 0 Å². The van der Waals surface area contributed by atoms with E-state index in [-0.39, 0.29) is 85.4 Å². The monoisotopic (exact) mass is 851 g/mol. The summed E-state index contributed by atoms with van der Waals surface area (Å²) in [6, 6.07) is 28.2. The van der Waals surface area contributed by atoms with Crippen molar-refractivity contribution in [3.8, 4) is 0 Å². The summed E-state index contributed by atoms with van der Waals surface area (Å²) in [5.41, 5.74) is 12.3. The van der Waals surface area contributed by atoms with E-state index < -0.39 is 69.9 Å². The minimum Gasteiger partial charge on any atom is -0.397 e. The second-order valence-electron chi connectivity index (χ2n) is 14.6. The molecule has 0 spiro atoms. The van der Waals surface area contributed by atoms with E-state index in [2.05, 4.69) is 10.6 Å². The Labute approximate surface area is 365 Å². The summed E-state index contributed by atoms with van der Waals surface area (Å²) in [7, 11) is -9.82. The minimum absolute atomic E-state index is 0. The Morgan fingerprint density at radius 1 is 0.483 bits per heavy atom. The van der Waals surface area contributed by atoms with Crippen LogP contribution in [-0.4, -0.2) is 78.6 Å². The average Bonchev–Trinajstić information content (AvgIpc) is 3.19. The van der Waals surface area contributed by atoms with Gasteiger partial charge in [0.25, 0.3) is 20.2 Å². The first-order valence-corrected chi connectivity index (χ1v) is 20.7. The fraction of sp³-hybridized carbons (Fsp3) is 0.0698. The van der Waals surface area contributed by atoms with Gasteiger partial charge >= 0.3 is 0 Å². The molecule has 0 unspecified atom stereocenters. The van der Waals surface area contributed by atoms with Crippen LogP contribution in [0.5, 0.6) is 0 Å². The standard InChI is InChI=1S/C43H32N4O10S2.Na/c1-43(2,21-11-15-23(16-12-21)46-29-19-31(58(52,53)54)37(44)35-33(29)39(48)25-7-3-5-9-27(25)41(35)50)22-13-17-24(18-14-22)47-30-20-32(59(55,56)57)38(45)36-34(30)40(49)26-8-4-6-10-28(26)42(36)51;/h3-20,46-47H,44-45H2,1-2H3,(H,52,53,54)(H,55,56,57);. The molecule has 8 N–H and O–H groups in total. The SMILES string of the molecule is CC(C)(c1ccc(Nc2cc(S(=O)(=O)O)c(N)c3c2C(=O)c2ccccc2C3=O)cc1)c1ccc(Nc2cc(S(=O)(=O)O)c(N)c3c2C(=O)c2ccccc2C3=O)cc1.[Na]. The Bertz CT molecular complexity index is 2900. The zero-order valence-corrected chi connectivity index (χ0v) is 35.7. The number of rotatable bonds is 8. The molecule has 0 aliphatic heterocycles. The van der Waals surface area contributed by atoms with Crippen molar-refractivity contribution >= 4 is 107 Å². The van der Waals surface area contributed by atoms with Crippen molar-refractivity contribution in [2.24, 2.45) is 0 Å². The van der Waals surface area contributed by atoms with Crippen LogP contribution < -0.4 is 22.1 Å². The molecule has 0 saturated carbocycles. The molecule has 0 saturated heterocycles. The van der Waals surface area contributed by atoms with Crippen molar-refractivity contribution in [2.45, 2.75) is 29.1 Å². The second kappa shape index (κ2) is 14.9. The smallest absolute Gasteiger partial charge is 0.296 e. The molecule has 0 fully saturated rings. The summed E-state index contributed by atoms with van der Waals surface area (Å²) in [6.45, 7) is 3.93. The number of nitrogens with two attached hydrogens (primary N) is 2. The maximum Gasteiger partial charge on any atom is 0.296 e. The van der Waals surface area contributed by atoms with Gasteiger partial charge in [0.1, 0.15) is 9.79 Å². The molecule has 0 atom stereocenters. The van der Waals surface area contributed by atoms with Gasteiger partial charge < -0.3 is 22.1 Å². The molecule has 17 heteroatoms. The third kappa shape index (κ3) is 6.91. The van der Waals surface area contributed by atoms with Gasteiger partial charge in [-0.2, -0.15) is 16.8 Å². The van der Waals surface area contributed by atoms with E-state index in [1.54, 1.807) is 48.5 Å². The first kappa shape index (κ1) is 42.2. The van der Waals surface area contributed by atoms with Crippen molar-refractivity contribution in [1.29, 1.82) is 0 Å². The number of hydrogen-bond donors (Lipinski definition) is 6. The van der Waals surface area contributed by atoms with Crippen molar-refractivity contribution in [2.75, 3.05) is 22.1 Å². The Morgan fingerprint density at radius 2 is 0.767 bits per heavy atom. The molecular formula is C43H32N4NaO10S2. The average molecular weight is 852 g/mol. The van der Waals surface area contributed by atoms with E-state index in [1.165, 1.54) is 24.3 Å². The van der Waals surface area contributed by atoms with E-state index in [1.807, 2.05) is 38.1 Å². The molecular weight excluding hydrogens is 820 g/mol. The number of nitrogens with one attached hydrogen (secondary N) is 2. The molecule has 297 valence electrons. The van der Waals surface area contributed by atoms with Crippen LogP contribution in [-0.2, 0) is 25.7 Å². The third-order valence-electron chi connectivity index (χ3n) is 10.7. The number of hydrogen-bond acceptors (Lipinski definition) is 12. The van der Waals surface area contributed by atoms with Crippen molar-refractivity contribution in [3.05, 3.63) is 165 Å². The molecule has 1 radical (unpaired) electrons. The Kier molecular flexibility index (Phi) is 10.5. The van der Waals surface area contributed by atoms with Crippen LogP contribution in [0.1, 0.15) is 88.7 Å². The predicted octanol–water partition coefficient (Wildman–Crippen LogP) is 6.33. The van der Waals surface area contributed by atoms with Crippen LogP contribution in [0.15, 0.2) is 119 Å². The van der Waals surface area contributed by atoms with Gasteiger partial charge in [0, 0.05) is 68.6 Å². The minimum atomic E-state index is -4.91. The molecule has 0 amide bonds. The van der Waals surface area contributed by atoms with Crippen molar-refractivity contribution in [3.63, 3.8) is 0 Å². The van der Waals surface area contributed by atoms with Gasteiger partial charge in [0.05, 0.1) is 45.0 Å². The second-order valence-corrected chi connectivity index (χ2v) is 17.3. The molecule has 0 aromatic heterocycles. The van der Waals surface area contributed by atoms with Crippen LogP contribution >= 0.6 is 0 Å². The maximum absolute atomic E-state index is 13.7. The van der Waals surface area contributed by atoms with Gasteiger partial charge in [-0.1, -0.05) is 86.6 Å². The van der Waals surface area contributed by atoms with E-state index >= 15 is 0 Å². The third-order valence-corrected chi connectivity index (χ3v) is 12.5. The number of carbonyl (C=O) groups is 4. The quantitative estimate of drug-likeness (QED) is 0.0556. The fourth-order valence-electron chi connectivity index (χ4n) is 7.63. The van der Waals surface area contributed by atoms with E-state index in [0.717, 1.165) is 23.3 Å². The van der Waals surface area contributed by atoms with Crippen LogP contribution in [0.3, 0.4) is 0 Å². The molecule has 0 bridgehead atoms. The first-order chi connectivity index (χ1) is 27.8. The summed E-state index contributed by atoms with van der Waals surface area (Å²) in [6.07, 6.45) is 0. The van der Waals surface area contributed by atoms with Gasteiger partial charge in [0.2, 0.25) is 0 Å².